The Labute approximate surface area is 124 Å². The van der Waals surface area contributed by atoms with Crippen molar-refractivity contribution in [3.63, 3.8) is 0 Å². The predicted molar refractivity (Wildman–Crippen MR) is 84.1 cm³/mol. The number of aryl methyl sites for hydroxylation is 2. The number of para-hydroxylation sites is 1. The second-order valence-corrected chi connectivity index (χ2v) is 5.73. The van der Waals surface area contributed by atoms with Crippen LogP contribution in [0.4, 0.5) is 5.69 Å². The summed E-state index contributed by atoms with van der Waals surface area (Å²) < 4.78 is 0.483. The van der Waals surface area contributed by atoms with Crippen molar-refractivity contribution in [2.75, 3.05) is 5.32 Å². The number of H-pyrrole nitrogens is 1. The summed E-state index contributed by atoms with van der Waals surface area (Å²) in [4.78, 5) is 31.8. The van der Waals surface area contributed by atoms with E-state index in [-0.39, 0.29) is 11.5 Å². The van der Waals surface area contributed by atoms with Gasteiger partial charge in [-0.2, -0.15) is 0 Å². The average molecular weight is 299 g/mol. The van der Waals surface area contributed by atoms with Crippen molar-refractivity contribution in [2.45, 2.75) is 13.8 Å². The van der Waals surface area contributed by atoms with Gasteiger partial charge in [0.25, 0.3) is 11.5 Å². The summed E-state index contributed by atoms with van der Waals surface area (Å²) in [5.74, 6) is 0.321. The number of nitrogens with one attached hydrogen (secondary N) is 2. The highest BCUT2D eigenvalue weighted by Crippen LogP contribution is 2.27. The van der Waals surface area contributed by atoms with E-state index in [1.165, 1.54) is 11.3 Å². The third kappa shape index (κ3) is 2.45. The van der Waals surface area contributed by atoms with Crippen molar-refractivity contribution < 1.29 is 4.79 Å². The zero-order valence-electron chi connectivity index (χ0n) is 11.6. The summed E-state index contributed by atoms with van der Waals surface area (Å²) in [5, 5.41) is 2.83. The van der Waals surface area contributed by atoms with E-state index in [0.717, 1.165) is 11.3 Å². The van der Waals surface area contributed by atoms with Gasteiger partial charge in [-0.3, -0.25) is 9.59 Å². The van der Waals surface area contributed by atoms with E-state index in [0.29, 0.717) is 20.9 Å². The SMILES string of the molecule is Cc1nc2c(C)c(C(=O)Nc3ccccc3)sc2c(=O)[nH]1. The van der Waals surface area contributed by atoms with Gasteiger partial charge in [-0.25, -0.2) is 4.98 Å². The van der Waals surface area contributed by atoms with Gasteiger partial charge in [0.05, 0.1) is 10.4 Å². The maximum atomic E-state index is 12.4. The molecule has 1 aromatic carbocycles. The van der Waals surface area contributed by atoms with Gasteiger partial charge in [0, 0.05) is 5.69 Å². The number of rotatable bonds is 2. The summed E-state index contributed by atoms with van der Waals surface area (Å²) in [6.45, 7) is 3.53. The number of carbonyl (C=O) groups excluding carboxylic acids is 1. The highest BCUT2D eigenvalue weighted by atomic mass is 32.1. The van der Waals surface area contributed by atoms with Crippen molar-refractivity contribution in [1.82, 2.24) is 9.97 Å². The Morgan fingerprint density at radius 3 is 2.67 bits per heavy atom. The number of aromatic amines is 1. The minimum absolute atomic E-state index is 0.204. The van der Waals surface area contributed by atoms with Gasteiger partial charge in [-0.1, -0.05) is 18.2 Å². The van der Waals surface area contributed by atoms with Gasteiger partial charge < -0.3 is 10.3 Å². The van der Waals surface area contributed by atoms with Crippen molar-refractivity contribution >= 4 is 33.1 Å². The highest BCUT2D eigenvalue weighted by Gasteiger charge is 2.18. The van der Waals surface area contributed by atoms with Crippen molar-refractivity contribution in [2.24, 2.45) is 0 Å². The topological polar surface area (TPSA) is 74.8 Å². The molecule has 1 amide bonds. The van der Waals surface area contributed by atoms with E-state index in [1.54, 1.807) is 6.92 Å². The van der Waals surface area contributed by atoms with E-state index in [4.69, 9.17) is 0 Å². The van der Waals surface area contributed by atoms with Gasteiger partial charge in [0.1, 0.15) is 10.5 Å². The number of hydrogen-bond acceptors (Lipinski definition) is 4. The van der Waals surface area contributed by atoms with Gasteiger partial charge in [-0.05, 0) is 31.5 Å². The van der Waals surface area contributed by atoms with Gasteiger partial charge in [-0.15, -0.1) is 11.3 Å². The number of nitrogens with zero attached hydrogens (tertiary/aromatic N) is 1. The second kappa shape index (κ2) is 5.14. The van der Waals surface area contributed by atoms with Gasteiger partial charge in [0.15, 0.2) is 0 Å². The second-order valence-electron chi connectivity index (χ2n) is 4.71. The molecular weight excluding hydrogens is 286 g/mol. The molecule has 106 valence electrons. The monoisotopic (exact) mass is 299 g/mol. The molecule has 21 heavy (non-hydrogen) atoms. The van der Waals surface area contributed by atoms with Crippen LogP contribution < -0.4 is 10.9 Å². The zero-order chi connectivity index (χ0) is 15.0. The first-order valence-corrected chi connectivity index (χ1v) is 7.24. The van der Waals surface area contributed by atoms with E-state index >= 15 is 0 Å². The number of carbonyl (C=O) groups is 1. The van der Waals surface area contributed by atoms with Crippen molar-refractivity contribution in [3.8, 4) is 0 Å². The molecule has 0 aliphatic carbocycles. The molecule has 0 fully saturated rings. The molecule has 0 atom stereocenters. The van der Waals surface area contributed by atoms with Crippen LogP contribution in [0.3, 0.4) is 0 Å². The normalized spacial score (nSPS) is 10.8. The van der Waals surface area contributed by atoms with E-state index in [1.807, 2.05) is 37.3 Å². The smallest absolute Gasteiger partial charge is 0.268 e. The first-order chi connectivity index (χ1) is 10.1. The Kier molecular flexibility index (Phi) is 3.31. The van der Waals surface area contributed by atoms with Crippen LogP contribution in [0.25, 0.3) is 10.2 Å². The predicted octanol–water partition coefficient (Wildman–Crippen LogP) is 2.85. The molecule has 0 radical (unpaired) electrons. The van der Waals surface area contributed by atoms with Crippen LogP contribution in [0.15, 0.2) is 35.1 Å². The minimum atomic E-state index is -0.223. The largest absolute Gasteiger partial charge is 0.321 e. The Morgan fingerprint density at radius 2 is 1.95 bits per heavy atom. The molecule has 0 spiro atoms. The standard InChI is InChI=1S/C15H13N3O2S/c1-8-11-13(15(20)17-9(2)16-11)21-12(8)14(19)18-10-6-4-3-5-7-10/h3-7H,1-2H3,(H,18,19)(H,16,17,20). The number of fused-ring (bicyclic) bond motifs is 1. The molecule has 5 nitrogen and oxygen atoms in total. The van der Waals surface area contributed by atoms with Crippen LogP contribution in [0.2, 0.25) is 0 Å². The molecule has 0 bridgehead atoms. The van der Waals surface area contributed by atoms with Crippen molar-refractivity contribution in [3.05, 3.63) is 57.0 Å². The average Bonchev–Trinajstić information content (AvgIpc) is 2.78. The lowest BCUT2D eigenvalue weighted by Crippen LogP contribution is -2.11. The first-order valence-electron chi connectivity index (χ1n) is 6.42. The lowest BCUT2D eigenvalue weighted by atomic mass is 10.2. The summed E-state index contributed by atoms with van der Waals surface area (Å²) in [6, 6.07) is 9.21. The van der Waals surface area contributed by atoms with E-state index in [2.05, 4.69) is 15.3 Å². The molecule has 0 saturated carbocycles. The van der Waals surface area contributed by atoms with Crippen LogP contribution in [0.1, 0.15) is 21.1 Å². The molecular formula is C15H13N3O2S. The van der Waals surface area contributed by atoms with E-state index in [9.17, 15) is 9.59 Å². The molecule has 2 N–H and O–H groups in total. The summed E-state index contributed by atoms with van der Waals surface area (Å²) in [6.07, 6.45) is 0. The molecule has 0 aliphatic rings. The molecule has 3 rings (SSSR count). The van der Waals surface area contributed by atoms with Gasteiger partial charge >= 0.3 is 0 Å². The molecule has 3 aromatic rings. The molecule has 0 aliphatic heterocycles. The Morgan fingerprint density at radius 1 is 1.24 bits per heavy atom. The molecule has 6 heteroatoms. The van der Waals surface area contributed by atoms with Crippen LogP contribution in [-0.4, -0.2) is 15.9 Å². The lowest BCUT2D eigenvalue weighted by molar-refractivity contribution is 0.103. The maximum absolute atomic E-state index is 12.4. The lowest BCUT2D eigenvalue weighted by Gasteiger charge is -2.03. The number of amides is 1. The van der Waals surface area contributed by atoms with Gasteiger partial charge in [0.2, 0.25) is 0 Å². The third-order valence-electron chi connectivity index (χ3n) is 3.13. The Hall–Kier alpha value is -2.47. The van der Waals surface area contributed by atoms with Crippen LogP contribution in [-0.2, 0) is 0 Å². The van der Waals surface area contributed by atoms with Crippen molar-refractivity contribution in [1.29, 1.82) is 0 Å². The molecule has 0 saturated heterocycles. The fourth-order valence-corrected chi connectivity index (χ4v) is 3.17. The molecule has 2 aromatic heterocycles. The van der Waals surface area contributed by atoms with Crippen LogP contribution in [0, 0.1) is 13.8 Å². The number of aromatic nitrogens is 2. The fraction of sp³-hybridized carbons (Fsp3) is 0.133. The molecule has 2 heterocycles. The zero-order valence-corrected chi connectivity index (χ0v) is 12.4. The summed E-state index contributed by atoms with van der Waals surface area (Å²) in [7, 11) is 0. The number of thiophene rings is 1. The summed E-state index contributed by atoms with van der Waals surface area (Å²) >= 11 is 1.17. The third-order valence-corrected chi connectivity index (χ3v) is 4.41. The van der Waals surface area contributed by atoms with E-state index < -0.39 is 0 Å². The number of anilines is 1. The first kappa shape index (κ1) is 13.5. The molecule has 0 unspecified atom stereocenters. The maximum Gasteiger partial charge on any atom is 0.268 e. The highest BCUT2D eigenvalue weighted by molar-refractivity contribution is 7.21. The number of benzene rings is 1. The quantitative estimate of drug-likeness (QED) is 0.764. The van der Waals surface area contributed by atoms with Crippen LogP contribution in [0.5, 0.6) is 0 Å². The summed E-state index contributed by atoms with van der Waals surface area (Å²) in [5.41, 5.74) is 1.85. The number of hydrogen-bond donors (Lipinski definition) is 2. The Bertz CT molecular complexity index is 881. The van der Waals surface area contributed by atoms with Crippen LogP contribution >= 0.6 is 11.3 Å². The Balaban J connectivity index is 2.05. The fourth-order valence-electron chi connectivity index (χ4n) is 2.14. The minimum Gasteiger partial charge on any atom is -0.321 e.